The Kier molecular flexibility index (Phi) is 4.87. The van der Waals surface area contributed by atoms with E-state index in [0.717, 1.165) is 19.5 Å². The Hall–Kier alpha value is -0.530. The van der Waals surface area contributed by atoms with Crippen molar-refractivity contribution in [3.05, 3.63) is 35.9 Å². The minimum Gasteiger partial charge on any atom is -0.0652 e. The summed E-state index contributed by atoms with van der Waals surface area (Å²) in [4.78, 5) is 0. The third kappa shape index (κ3) is 4.30. The highest BCUT2D eigenvalue weighted by atomic mass is 35.5. The third-order valence-electron chi connectivity index (χ3n) is 1.95. The Bertz CT molecular complexity index is 223. The second-order valence-corrected chi connectivity index (χ2v) is 3.66. The fourth-order valence-corrected chi connectivity index (χ4v) is 1.45. The van der Waals surface area contributed by atoms with E-state index < -0.39 is 0 Å². The predicted octanol–water partition coefficient (Wildman–Crippen LogP) is 3.28. The summed E-state index contributed by atoms with van der Waals surface area (Å²) in [7, 11) is 0. The van der Waals surface area contributed by atoms with Gasteiger partial charge in [0.2, 0.25) is 11.8 Å². The molecule has 0 heterocycles. The fourth-order valence-electron chi connectivity index (χ4n) is 1.19. The molecule has 0 N–H and O–H groups in total. The van der Waals surface area contributed by atoms with Crippen LogP contribution >= 0.6 is 11.8 Å². The van der Waals surface area contributed by atoms with Crippen molar-refractivity contribution in [2.75, 3.05) is 6.54 Å². The molecule has 0 bridgehead atoms. The second-order valence-electron chi connectivity index (χ2n) is 3.18. The zero-order valence-corrected chi connectivity index (χ0v) is 8.80. The maximum atomic E-state index is 6.03. The molecule has 0 atom stereocenters. The van der Waals surface area contributed by atoms with Crippen LogP contribution in [-0.4, -0.2) is 6.54 Å². The van der Waals surface area contributed by atoms with E-state index >= 15 is 0 Å². The number of rotatable bonds is 5. The first-order valence-electron chi connectivity index (χ1n) is 4.77. The first-order chi connectivity index (χ1) is 6.33. The topological polar surface area (TPSA) is 5.90 Å². The molecule has 1 aromatic carbocycles. The van der Waals surface area contributed by atoms with E-state index in [1.165, 1.54) is 12.0 Å². The monoisotopic (exact) mass is 197 g/mol. The Morgan fingerprint density at radius 2 is 1.92 bits per heavy atom. The summed E-state index contributed by atoms with van der Waals surface area (Å²) < 4.78 is 1.85. The van der Waals surface area contributed by atoms with Crippen molar-refractivity contribution < 1.29 is 0 Å². The lowest BCUT2D eigenvalue weighted by molar-refractivity contribution is 0.563. The van der Waals surface area contributed by atoms with Crippen molar-refractivity contribution in [1.82, 2.24) is 4.42 Å². The summed E-state index contributed by atoms with van der Waals surface area (Å²) in [5, 5.41) is 0. The maximum absolute atomic E-state index is 6.03. The van der Waals surface area contributed by atoms with Crippen LogP contribution in [0.4, 0.5) is 0 Å². The van der Waals surface area contributed by atoms with Gasteiger partial charge in [-0.2, -0.15) is 0 Å². The van der Waals surface area contributed by atoms with Crippen LogP contribution < -0.4 is 4.42 Å². The molecule has 0 aliphatic rings. The predicted molar refractivity (Wildman–Crippen MR) is 57.9 cm³/mol. The number of nitrogens with zero attached hydrogens (tertiary/aromatic N) is 1. The van der Waals surface area contributed by atoms with Crippen LogP contribution in [0.2, 0.25) is 0 Å². The number of hydrogen-bond acceptors (Lipinski definition) is 1. The Labute approximate surface area is 85.4 Å². The lowest BCUT2D eigenvalue weighted by Crippen LogP contribution is -2.18. The van der Waals surface area contributed by atoms with Crippen molar-refractivity contribution in [2.24, 2.45) is 0 Å². The zero-order chi connectivity index (χ0) is 9.52. The van der Waals surface area contributed by atoms with Crippen molar-refractivity contribution in [1.29, 1.82) is 0 Å². The quantitative estimate of drug-likeness (QED) is 0.639. The highest BCUT2D eigenvalue weighted by Crippen LogP contribution is 2.04. The van der Waals surface area contributed by atoms with Gasteiger partial charge in [-0.15, -0.1) is 0 Å². The molecule has 0 aliphatic heterocycles. The van der Waals surface area contributed by atoms with Crippen molar-refractivity contribution in [3.8, 4) is 0 Å². The van der Waals surface area contributed by atoms with Crippen molar-refractivity contribution in [2.45, 2.75) is 26.3 Å². The van der Waals surface area contributed by atoms with E-state index in [-0.39, 0.29) is 0 Å². The Balaban J connectivity index is 2.32. The molecule has 0 unspecified atom stereocenters. The highest BCUT2D eigenvalue weighted by Gasteiger charge is 2.11. The van der Waals surface area contributed by atoms with Gasteiger partial charge in [0.1, 0.15) is 6.54 Å². The van der Waals surface area contributed by atoms with Gasteiger partial charge in [0.15, 0.2) is 6.54 Å². The lowest BCUT2D eigenvalue weighted by atomic mass is 10.2. The SMILES string of the molecule is CCCC[N+](Cl)Cc1ccccc1. The molecular weight excluding hydrogens is 182 g/mol. The van der Waals surface area contributed by atoms with Gasteiger partial charge in [-0.05, 0) is 0 Å². The molecule has 1 rings (SSSR count). The normalized spacial score (nSPS) is 10.7. The van der Waals surface area contributed by atoms with Gasteiger partial charge in [-0.1, -0.05) is 48.1 Å². The minimum atomic E-state index is 0.836. The standard InChI is InChI=1S/C11H16ClN/c1-2-3-9-13(12)10-11-7-5-4-6-8-11/h4-8H,2-3,9-10H2,1H3/q+1. The molecule has 0 saturated heterocycles. The van der Waals surface area contributed by atoms with E-state index in [1.807, 2.05) is 22.6 Å². The van der Waals surface area contributed by atoms with Crippen molar-refractivity contribution in [3.63, 3.8) is 0 Å². The maximum Gasteiger partial charge on any atom is 0.225 e. The average molecular weight is 198 g/mol. The Morgan fingerprint density at radius 3 is 2.54 bits per heavy atom. The molecule has 0 amide bonds. The largest absolute Gasteiger partial charge is 0.225 e. The first kappa shape index (κ1) is 10.6. The molecule has 1 radical (unpaired) electrons. The molecule has 0 spiro atoms. The van der Waals surface area contributed by atoms with Gasteiger partial charge in [0.05, 0.1) is 0 Å². The van der Waals surface area contributed by atoms with Crippen LogP contribution in [0.3, 0.4) is 0 Å². The molecule has 13 heavy (non-hydrogen) atoms. The van der Waals surface area contributed by atoms with E-state index in [4.69, 9.17) is 11.8 Å². The summed E-state index contributed by atoms with van der Waals surface area (Å²) in [6.07, 6.45) is 2.36. The van der Waals surface area contributed by atoms with Crippen molar-refractivity contribution >= 4 is 11.8 Å². The average Bonchev–Trinajstić information content (AvgIpc) is 2.16. The second kappa shape index (κ2) is 6.01. The molecule has 71 valence electrons. The smallest absolute Gasteiger partial charge is 0.0652 e. The summed E-state index contributed by atoms with van der Waals surface area (Å²) in [6.45, 7) is 3.97. The van der Waals surface area contributed by atoms with Crippen LogP contribution in [0.25, 0.3) is 0 Å². The Morgan fingerprint density at radius 1 is 1.23 bits per heavy atom. The van der Waals surface area contributed by atoms with Crippen LogP contribution in [0.5, 0.6) is 0 Å². The summed E-state index contributed by atoms with van der Waals surface area (Å²) >= 11 is 6.03. The number of halogens is 1. The van der Waals surface area contributed by atoms with Crippen LogP contribution in [0, 0.1) is 0 Å². The molecular formula is C11H16ClN+. The molecule has 0 fully saturated rings. The number of hydrogen-bond donors (Lipinski definition) is 0. The van der Waals surface area contributed by atoms with Crippen LogP contribution in [0.15, 0.2) is 30.3 Å². The van der Waals surface area contributed by atoms with E-state index in [0.29, 0.717) is 0 Å². The third-order valence-corrected chi connectivity index (χ3v) is 2.24. The van der Waals surface area contributed by atoms with Gasteiger partial charge in [-0.25, -0.2) is 0 Å². The summed E-state index contributed by atoms with van der Waals surface area (Å²) in [5.74, 6) is 0. The van der Waals surface area contributed by atoms with Gasteiger partial charge < -0.3 is 0 Å². The van der Waals surface area contributed by atoms with Crippen LogP contribution in [0.1, 0.15) is 25.3 Å². The summed E-state index contributed by atoms with van der Waals surface area (Å²) in [6, 6.07) is 10.3. The van der Waals surface area contributed by atoms with E-state index in [2.05, 4.69) is 19.1 Å². The minimum absolute atomic E-state index is 0.836. The fraction of sp³-hybridized carbons (Fsp3) is 0.455. The number of unbranched alkanes of at least 4 members (excludes halogenated alkanes) is 1. The molecule has 0 saturated carbocycles. The molecule has 1 nitrogen and oxygen atoms in total. The lowest BCUT2D eigenvalue weighted by Gasteiger charge is -2.01. The van der Waals surface area contributed by atoms with E-state index in [1.54, 1.807) is 0 Å². The van der Waals surface area contributed by atoms with Gasteiger partial charge >= 0.3 is 0 Å². The van der Waals surface area contributed by atoms with Gasteiger partial charge in [-0.3, -0.25) is 0 Å². The molecule has 0 aliphatic carbocycles. The van der Waals surface area contributed by atoms with Gasteiger partial charge in [0, 0.05) is 12.0 Å². The summed E-state index contributed by atoms with van der Waals surface area (Å²) in [5.41, 5.74) is 1.27. The molecule has 0 aromatic heterocycles. The zero-order valence-electron chi connectivity index (χ0n) is 8.04. The first-order valence-corrected chi connectivity index (χ1v) is 5.11. The molecule has 2 heteroatoms. The molecule has 1 aromatic rings. The van der Waals surface area contributed by atoms with E-state index in [9.17, 15) is 0 Å². The highest BCUT2D eigenvalue weighted by molar-refractivity contribution is 6.15. The number of benzene rings is 1. The van der Waals surface area contributed by atoms with Gasteiger partial charge in [0.25, 0.3) is 0 Å². The van der Waals surface area contributed by atoms with Crippen LogP contribution in [-0.2, 0) is 6.54 Å².